The molecule has 0 N–H and O–H groups in total. The summed E-state index contributed by atoms with van der Waals surface area (Å²) in [6.45, 7) is 4.00. The molecule has 2 aromatic carbocycles. The lowest BCUT2D eigenvalue weighted by molar-refractivity contribution is 0.0697. The first-order chi connectivity index (χ1) is 13.1. The summed E-state index contributed by atoms with van der Waals surface area (Å²) in [5.41, 5.74) is 1.34. The lowest BCUT2D eigenvalue weighted by Crippen LogP contribution is -2.50. The molecular weight excluding hydrogens is 410 g/mol. The van der Waals surface area contributed by atoms with Crippen LogP contribution in [0.2, 0.25) is 5.02 Å². The summed E-state index contributed by atoms with van der Waals surface area (Å²) in [6.07, 6.45) is 0. The molecule has 1 aliphatic heterocycles. The molecule has 0 atom stereocenters. The van der Waals surface area contributed by atoms with E-state index in [0.29, 0.717) is 5.56 Å². The van der Waals surface area contributed by atoms with Gasteiger partial charge in [0, 0.05) is 26.2 Å². The second kappa shape index (κ2) is 7.77. The van der Waals surface area contributed by atoms with Crippen LogP contribution in [0.3, 0.4) is 0 Å². The third-order valence-electron chi connectivity index (χ3n) is 4.73. The Labute approximate surface area is 167 Å². The Hall–Kier alpha value is -2.03. The third kappa shape index (κ3) is 3.90. The number of piperazine rings is 1. The number of nitrogens with zero attached hydrogens (tertiary/aromatic N) is 2. The molecular formula is C19H19ClF2N2O3S. The number of benzene rings is 2. The van der Waals surface area contributed by atoms with Crippen molar-refractivity contribution in [3.8, 4) is 0 Å². The zero-order chi connectivity index (χ0) is 20.6. The quantitative estimate of drug-likeness (QED) is 0.704. The smallest absolute Gasteiger partial charge is 0.255 e. The fourth-order valence-corrected chi connectivity index (χ4v) is 5.08. The van der Waals surface area contributed by atoms with Crippen molar-refractivity contribution >= 4 is 27.5 Å². The van der Waals surface area contributed by atoms with Crippen molar-refractivity contribution in [2.75, 3.05) is 26.2 Å². The van der Waals surface area contributed by atoms with E-state index in [4.69, 9.17) is 11.6 Å². The average Bonchev–Trinajstić information content (AvgIpc) is 2.66. The van der Waals surface area contributed by atoms with Crippen LogP contribution < -0.4 is 0 Å². The maximum absolute atomic E-state index is 13.5. The lowest BCUT2D eigenvalue weighted by atomic mass is 10.1. The van der Waals surface area contributed by atoms with Crippen LogP contribution in [0.5, 0.6) is 0 Å². The molecule has 0 spiro atoms. The minimum Gasteiger partial charge on any atom is -0.336 e. The Morgan fingerprint density at radius 3 is 2.25 bits per heavy atom. The maximum Gasteiger partial charge on any atom is 0.255 e. The molecule has 1 amide bonds. The molecule has 28 heavy (non-hydrogen) atoms. The maximum atomic E-state index is 13.5. The van der Waals surface area contributed by atoms with E-state index in [1.54, 1.807) is 19.1 Å². The van der Waals surface area contributed by atoms with Gasteiger partial charge in [0.05, 0.1) is 15.5 Å². The number of halogens is 3. The van der Waals surface area contributed by atoms with E-state index < -0.39 is 27.6 Å². The summed E-state index contributed by atoms with van der Waals surface area (Å²) < 4.78 is 53.9. The van der Waals surface area contributed by atoms with Crippen molar-refractivity contribution in [1.82, 2.24) is 9.21 Å². The molecule has 0 aliphatic carbocycles. The number of amides is 1. The highest BCUT2D eigenvalue weighted by atomic mass is 35.5. The third-order valence-corrected chi connectivity index (χ3v) is 7.08. The number of hydrogen-bond acceptors (Lipinski definition) is 3. The highest BCUT2D eigenvalue weighted by molar-refractivity contribution is 7.89. The molecule has 0 bridgehead atoms. The summed E-state index contributed by atoms with van der Waals surface area (Å²) in [4.78, 5) is 14.2. The minimum absolute atomic E-state index is 0.1000. The second-order valence-electron chi connectivity index (χ2n) is 6.71. The SMILES string of the molecule is Cc1ccc(C)c(S(=O)(=O)N2CCN(C(=O)c3cc(F)c(F)cc3Cl)CC2)c1. The first-order valence-corrected chi connectivity index (χ1v) is 10.4. The van der Waals surface area contributed by atoms with Crippen LogP contribution in [0.15, 0.2) is 35.2 Å². The van der Waals surface area contributed by atoms with Gasteiger partial charge in [-0.25, -0.2) is 17.2 Å². The Bertz CT molecular complexity index is 1040. The van der Waals surface area contributed by atoms with Gasteiger partial charge < -0.3 is 4.90 Å². The first-order valence-electron chi connectivity index (χ1n) is 8.62. The van der Waals surface area contributed by atoms with Crippen molar-refractivity contribution in [3.63, 3.8) is 0 Å². The van der Waals surface area contributed by atoms with Crippen molar-refractivity contribution in [2.24, 2.45) is 0 Å². The normalized spacial score (nSPS) is 15.7. The van der Waals surface area contributed by atoms with Crippen LogP contribution >= 0.6 is 11.6 Å². The Kier molecular flexibility index (Phi) is 5.74. The fraction of sp³-hybridized carbons (Fsp3) is 0.316. The van der Waals surface area contributed by atoms with Crippen LogP contribution in [0.4, 0.5) is 8.78 Å². The average molecular weight is 429 g/mol. The molecule has 2 aromatic rings. The van der Waals surface area contributed by atoms with Crippen molar-refractivity contribution in [1.29, 1.82) is 0 Å². The Balaban J connectivity index is 1.76. The van der Waals surface area contributed by atoms with Crippen LogP contribution in [0.1, 0.15) is 21.5 Å². The van der Waals surface area contributed by atoms with Gasteiger partial charge in [0.1, 0.15) is 0 Å². The topological polar surface area (TPSA) is 57.7 Å². The van der Waals surface area contributed by atoms with Crippen LogP contribution in [0.25, 0.3) is 0 Å². The number of hydrogen-bond donors (Lipinski definition) is 0. The standard InChI is InChI=1S/C19H19ClF2N2O3S/c1-12-3-4-13(2)18(9-12)28(26,27)24-7-5-23(6-8-24)19(25)14-10-16(21)17(22)11-15(14)20/h3-4,9-11H,5-8H2,1-2H3. The number of sulfonamides is 1. The van der Waals surface area contributed by atoms with E-state index in [9.17, 15) is 22.0 Å². The summed E-state index contributed by atoms with van der Waals surface area (Å²) in [6, 6.07) is 6.75. The molecule has 5 nitrogen and oxygen atoms in total. The van der Waals surface area contributed by atoms with E-state index in [1.165, 1.54) is 9.21 Å². The van der Waals surface area contributed by atoms with E-state index in [1.807, 2.05) is 13.0 Å². The van der Waals surface area contributed by atoms with Gasteiger partial charge in [0.25, 0.3) is 5.91 Å². The van der Waals surface area contributed by atoms with E-state index >= 15 is 0 Å². The summed E-state index contributed by atoms with van der Waals surface area (Å²) in [5.74, 6) is -2.86. The molecule has 1 saturated heterocycles. The van der Waals surface area contributed by atoms with Crippen molar-refractivity contribution in [2.45, 2.75) is 18.7 Å². The lowest BCUT2D eigenvalue weighted by Gasteiger charge is -2.34. The van der Waals surface area contributed by atoms with E-state index in [2.05, 4.69) is 0 Å². The van der Waals surface area contributed by atoms with Crippen LogP contribution in [-0.2, 0) is 10.0 Å². The van der Waals surface area contributed by atoms with E-state index in [0.717, 1.165) is 17.7 Å². The molecule has 150 valence electrons. The van der Waals surface area contributed by atoms with Crippen molar-refractivity contribution in [3.05, 3.63) is 63.7 Å². The molecule has 0 unspecified atom stereocenters. The summed E-state index contributed by atoms with van der Waals surface area (Å²) in [7, 11) is -3.69. The number of carbonyl (C=O) groups excluding carboxylic acids is 1. The largest absolute Gasteiger partial charge is 0.336 e. The Morgan fingerprint density at radius 1 is 1.00 bits per heavy atom. The Morgan fingerprint density at radius 2 is 1.61 bits per heavy atom. The first kappa shape index (κ1) is 20.7. The van der Waals surface area contributed by atoms with Gasteiger partial charge in [-0.15, -0.1) is 0 Å². The van der Waals surface area contributed by atoms with E-state index in [-0.39, 0.29) is 41.7 Å². The molecule has 9 heteroatoms. The number of rotatable bonds is 3. The highest BCUT2D eigenvalue weighted by Gasteiger charge is 2.32. The van der Waals surface area contributed by atoms with Gasteiger partial charge >= 0.3 is 0 Å². The van der Waals surface area contributed by atoms with Gasteiger partial charge in [-0.2, -0.15) is 4.31 Å². The zero-order valence-electron chi connectivity index (χ0n) is 15.4. The number of carbonyl (C=O) groups is 1. The second-order valence-corrected chi connectivity index (χ2v) is 9.02. The molecule has 1 heterocycles. The fourth-order valence-electron chi connectivity index (χ4n) is 3.11. The summed E-state index contributed by atoms with van der Waals surface area (Å²) >= 11 is 5.87. The monoisotopic (exact) mass is 428 g/mol. The summed E-state index contributed by atoms with van der Waals surface area (Å²) in [5, 5.41) is -0.186. The van der Waals surface area contributed by atoms with Gasteiger partial charge in [0.2, 0.25) is 10.0 Å². The molecule has 1 aliphatic rings. The molecule has 0 aromatic heterocycles. The molecule has 1 fully saturated rings. The zero-order valence-corrected chi connectivity index (χ0v) is 16.9. The van der Waals surface area contributed by atoms with Gasteiger partial charge in [-0.3, -0.25) is 4.79 Å². The van der Waals surface area contributed by atoms with Gasteiger partial charge in [-0.1, -0.05) is 23.7 Å². The molecule has 3 rings (SSSR count). The number of aryl methyl sites for hydroxylation is 2. The van der Waals surface area contributed by atoms with Crippen LogP contribution in [0, 0.1) is 25.5 Å². The van der Waals surface area contributed by atoms with Crippen molar-refractivity contribution < 1.29 is 22.0 Å². The predicted molar refractivity (Wildman–Crippen MR) is 102 cm³/mol. The highest BCUT2D eigenvalue weighted by Crippen LogP contribution is 2.25. The predicted octanol–water partition coefficient (Wildman–Crippen LogP) is 3.38. The van der Waals surface area contributed by atoms with Gasteiger partial charge in [0.15, 0.2) is 11.6 Å². The molecule has 0 saturated carbocycles. The molecule has 0 radical (unpaired) electrons. The van der Waals surface area contributed by atoms with Crippen LogP contribution in [-0.4, -0.2) is 49.7 Å². The van der Waals surface area contributed by atoms with Gasteiger partial charge in [-0.05, 0) is 43.2 Å². The minimum atomic E-state index is -3.69.